The number of halogens is 1. The molecule has 0 fully saturated rings. The molecule has 1 atom stereocenters. The first kappa shape index (κ1) is 14.0. The van der Waals surface area contributed by atoms with E-state index in [1.54, 1.807) is 0 Å². The van der Waals surface area contributed by atoms with Gasteiger partial charge < -0.3 is 15.5 Å². The Hall–Kier alpha value is -2.11. The minimum absolute atomic E-state index is 0.0792. The molecule has 0 saturated carbocycles. The van der Waals surface area contributed by atoms with E-state index in [0.29, 0.717) is 12.0 Å². The molecule has 0 bridgehead atoms. The molecule has 1 aromatic rings. The molecular formula is C12H14FNO4. The van der Waals surface area contributed by atoms with Crippen molar-refractivity contribution in [3.05, 3.63) is 29.6 Å². The maximum Gasteiger partial charge on any atom is 0.303 e. The molecular weight excluding hydrogens is 241 g/mol. The maximum atomic E-state index is 13.0. The van der Waals surface area contributed by atoms with Crippen molar-refractivity contribution in [1.29, 1.82) is 0 Å². The average molecular weight is 255 g/mol. The lowest BCUT2D eigenvalue weighted by Gasteiger charge is -2.15. The number of hydrogen-bond acceptors (Lipinski definition) is 3. The fourth-order valence-electron chi connectivity index (χ4n) is 1.62. The summed E-state index contributed by atoms with van der Waals surface area (Å²) in [6, 6.07) is 3.06. The highest BCUT2D eigenvalue weighted by molar-refractivity contribution is 5.66. The van der Waals surface area contributed by atoms with E-state index in [1.165, 1.54) is 6.07 Å². The fourth-order valence-corrected chi connectivity index (χ4v) is 1.62. The molecule has 1 amide bonds. The molecule has 0 aliphatic carbocycles. The molecule has 0 aliphatic heterocycles. The zero-order valence-electron chi connectivity index (χ0n) is 9.60. The maximum absolute atomic E-state index is 13.0. The highest BCUT2D eigenvalue weighted by atomic mass is 19.1. The van der Waals surface area contributed by atoms with Gasteiger partial charge in [-0.25, -0.2) is 4.39 Å². The van der Waals surface area contributed by atoms with Crippen LogP contribution in [0.1, 0.15) is 18.4 Å². The van der Waals surface area contributed by atoms with Gasteiger partial charge in [0.15, 0.2) is 0 Å². The lowest BCUT2D eigenvalue weighted by atomic mass is 10.0. The quantitative estimate of drug-likeness (QED) is 0.636. The Morgan fingerprint density at radius 3 is 2.83 bits per heavy atom. The largest absolute Gasteiger partial charge is 0.508 e. The van der Waals surface area contributed by atoms with E-state index in [2.05, 4.69) is 5.32 Å². The van der Waals surface area contributed by atoms with Gasteiger partial charge in [-0.2, -0.15) is 0 Å². The van der Waals surface area contributed by atoms with Crippen LogP contribution >= 0.6 is 0 Å². The molecule has 0 radical (unpaired) electrons. The lowest BCUT2D eigenvalue weighted by Crippen LogP contribution is -2.30. The molecule has 1 unspecified atom stereocenters. The molecule has 98 valence electrons. The van der Waals surface area contributed by atoms with Crippen molar-refractivity contribution in [2.45, 2.75) is 25.3 Å². The molecule has 1 rings (SSSR count). The fraction of sp³-hybridized carbons (Fsp3) is 0.333. The van der Waals surface area contributed by atoms with Crippen LogP contribution in [0.15, 0.2) is 18.2 Å². The van der Waals surface area contributed by atoms with Crippen molar-refractivity contribution < 1.29 is 24.2 Å². The van der Waals surface area contributed by atoms with Crippen LogP contribution in [0.4, 0.5) is 4.39 Å². The van der Waals surface area contributed by atoms with Crippen LogP contribution in [0.25, 0.3) is 0 Å². The number of carboxylic acid groups (broad SMARTS) is 1. The van der Waals surface area contributed by atoms with Gasteiger partial charge in [0, 0.05) is 12.5 Å². The van der Waals surface area contributed by atoms with Gasteiger partial charge >= 0.3 is 5.97 Å². The van der Waals surface area contributed by atoms with Gasteiger partial charge in [0.1, 0.15) is 11.6 Å². The number of phenols is 1. The number of nitrogens with one attached hydrogen (secondary N) is 1. The van der Waals surface area contributed by atoms with Gasteiger partial charge in [-0.05, 0) is 36.6 Å². The minimum atomic E-state index is -0.976. The van der Waals surface area contributed by atoms with Gasteiger partial charge in [-0.3, -0.25) is 9.59 Å². The highest BCUT2D eigenvalue weighted by Gasteiger charge is 2.13. The summed E-state index contributed by atoms with van der Waals surface area (Å²) in [4.78, 5) is 20.9. The standard InChI is InChI=1S/C12H14FNO4/c13-9-1-3-11(16)8(5-9)6-10(14-7-15)2-4-12(17)18/h1,3,5,7,10,16H,2,4,6H2,(H,14,15)(H,17,18). The third-order valence-electron chi connectivity index (χ3n) is 2.52. The van der Waals surface area contributed by atoms with E-state index < -0.39 is 17.8 Å². The van der Waals surface area contributed by atoms with Gasteiger partial charge in [-0.15, -0.1) is 0 Å². The minimum Gasteiger partial charge on any atom is -0.508 e. The molecule has 5 nitrogen and oxygen atoms in total. The molecule has 18 heavy (non-hydrogen) atoms. The molecule has 0 aliphatic rings. The number of carbonyl (C=O) groups excluding carboxylic acids is 1. The van der Waals surface area contributed by atoms with Crippen molar-refractivity contribution in [3.63, 3.8) is 0 Å². The Kier molecular flexibility index (Phi) is 5.10. The number of phenolic OH excluding ortho intramolecular Hbond substituents is 1. The third-order valence-corrected chi connectivity index (χ3v) is 2.52. The summed E-state index contributed by atoms with van der Waals surface area (Å²) in [5, 5.41) is 20.6. The topological polar surface area (TPSA) is 86.6 Å². The van der Waals surface area contributed by atoms with Crippen molar-refractivity contribution in [2.24, 2.45) is 0 Å². The number of aliphatic carboxylic acids is 1. The predicted octanol–water partition coefficient (Wildman–Crippen LogP) is 1.05. The predicted molar refractivity (Wildman–Crippen MR) is 61.6 cm³/mol. The summed E-state index contributed by atoms with van der Waals surface area (Å²) < 4.78 is 13.0. The highest BCUT2D eigenvalue weighted by Crippen LogP contribution is 2.20. The van der Waals surface area contributed by atoms with Crippen LogP contribution < -0.4 is 5.32 Å². The van der Waals surface area contributed by atoms with E-state index in [4.69, 9.17) is 5.11 Å². The summed E-state index contributed by atoms with van der Waals surface area (Å²) in [5.74, 6) is -1.55. The average Bonchev–Trinajstić information content (AvgIpc) is 2.31. The first-order valence-corrected chi connectivity index (χ1v) is 5.42. The Morgan fingerprint density at radius 1 is 1.50 bits per heavy atom. The molecule has 0 heterocycles. The zero-order chi connectivity index (χ0) is 13.5. The Labute approximate surface area is 103 Å². The van der Waals surface area contributed by atoms with Crippen LogP contribution in [0.3, 0.4) is 0 Å². The van der Waals surface area contributed by atoms with Crippen LogP contribution in [0.5, 0.6) is 5.75 Å². The molecule has 3 N–H and O–H groups in total. The van der Waals surface area contributed by atoms with Gasteiger partial charge in [0.05, 0.1) is 0 Å². The second-order valence-electron chi connectivity index (χ2n) is 3.89. The first-order valence-electron chi connectivity index (χ1n) is 5.42. The van der Waals surface area contributed by atoms with E-state index in [-0.39, 0.29) is 25.0 Å². The number of aromatic hydroxyl groups is 1. The number of amides is 1. The monoisotopic (exact) mass is 255 g/mol. The van der Waals surface area contributed by atoms with Crippen molar-refractivity contribution in [2.75, 3.05) is 0 Å². The molecule has 1 aromatic carbocycles. The number of rotatable bonds is 7. The Morgan fingerprint density at radius 2 is 2.22 bits per heavy atom. The zero-order valence-corrected chi connectivity index (χ0v) is 9.60. The van der Waals surface area contributed by atoms with Gasteiger partial charge in [0.2, 0.25) is 6.41 Å². The number of carbonyl (C=O) groups is 2. The Balaban J connectivity index is 2.72. The Bertz CT molecular complexity index is 436. The summed E-state index contributed by atoms with van der Waals surface area (Å²) in [7, 11) is 0. The number of carboxylic acids is 1. The van der Waals surface area contributed by atoms with Crippen LogP contribution in [-0.2, 0) is 16.0 Å². The summed E-state index contributed by atoms with van der Waals surface area (Å²) in [5.41, 5.74) is 0.333. The number of hydrogen-bond donors (Lipinski definition) is 3. The van der Waals surface area contributed by atoms with Crippen LogP contribution in [0, 0.1) is 5.82 Å². The smallest absolute Gasteiger partial charge is 0.303 e. The van der Waals surface area contributed by atoms with Crippen molar-refractivity contribution in [1.82, 2.24) is 5.32 Å². The van der Waals surface area contributed by atoms with E-state index in [1.807, 2.05) is 0 Å². The summed E-state index contributed by atoms with van der Waals surface area (Å²) in [6.07, 6.45) is 0.740. The SMILES string of the molecule is O=CNC(CCC(=O)O)Cc1cc(F)ccc1O. The third kappa shape index (κ3) is 4.40. The lowest BCUT2D eigenvalue weighted by molar-refractivity contribution is -0.137. The summed E-state index contributed by atoms with van der Waals surface area (Å²) >= 11 is 0. The summed E-state index contributed by atoms with van der Waals surface area (Å²) in [6.45, 7) is 0. The number of benzene rings is 1. The normalized spacial score (nSPS) is 11.8. The second kappa shape index (κ2) is 6.58. The van der Waals surface area contributed by atoms with E-state index in [9.17, 15) is 19.1 Å². The van der Waals surface area contributed by atoms with Crippen molar-refractivity contribution >= 4 is 12.4 Å². The van der Waals surface area contributed by atoms with E-state index >= 15 is 0 Å². The van der Waals surface area contributed by atoms with Crippen molar-refractivity contribution in [3.8, 4) is 5.75 Å². The van der Waals surface area contributed by atoms with E-state index in [0.717, 1.165) is 12.1 Å². The van der Waals surface area contributed by atoms with Crippen LogP contribution in [-0.4, -0.2) is 28.6 Å². The van der Waals surface area contributed by atoms with Gasteiger partial charge in [-0.1, -0.05) is 0 Å². The molecule has 6 heteroatoms. The van der Waals surface area contributed by atoms with Gasteiger partial charge in [0.25, 0.3) is 0 Å². The van der Waals surface area contributed by atoms with Crippen LogP contribution in [0.2, 0.25) is 0 Å². The molecule has 0 spiro atoms. The molecule has 0 saturated heterocycles. The first-order chi connectivity index (χ1) is 8.52. The second-order valence-corrected chi connectivity index (χ2v) is 3.89. The molecule has 0 aromatic heterocycles.